The van der Waals surface area contributed by atoms with Gasteiger partial charge in [-0.25, -0.2) is 0 Å². The van der Waals surface area contributed by atoms with Gasteiger partial charge in [-0.15, -0.1) is 10.2 Å². The monoisotopic (exact) mass is 421 g/mol. The molecular weight excluding hydrogens is 398 g/mol. The van der Waals surface area contributed by atoms with E-state index in [-0.39, 0.29) is 0 Å². The highest BCUT2D eigenvalue weighted by atomic mass is 32.2. The van der Waals surface area contributed by atoms with Gasteiger partial charge in [0, 0.05) is 17.7 Å². The molecule has 0 saturated carbocycles. The smallest absolute Gasteiger partial charge is 0.237 e. The maximum Gasteiger partial charge on any atom is 0.237 e. The predicted molar refractivity (Wildman–Crippen MR) is 116 cm³/mol. The van der Waals surface area contributed by atoms with Crippen LogP contribution in [0, 0.1) is 6.92 Å². The van der Waals surface area contributed by atoms with Crippen LogP contribution in [0.25, 0.3) is 22.8 Å². The number of benzene rings is 2. The van der Waals surface area contributed by atoms with Gasteiger partial charge in [-0.05, 0) is 51.1 Å². The van der Waals surface area contributed by atoms with Crippen LogP contribution < -0.4 is 4.74 Å². The van der Waals surface area contributed by atoms with Crippen LogP contribution in [0.3, 0.4) is 0 Å². The fourth-order valence-corrected chi connectivity index (χ4v) is 3.94. The Bertz CT molecular complexity index is 1120. The third-order valence-corrected chi connectivity index (χ3v) is 5.48. The van der Waals surface area contributed by atoms with Crippen LogP contribution in [-0.2, 0) is 12.3 Å². The van der Waals surface area contributed by atoms with Crippen molar-refractivity contribution in [3.63, 3.8) is 0 Å². The van der Waals surface area contributed by atoms with Crippen molar-refractivity contribution in [3.05, 3.63) is 60.0 Å². The molecule has 0 radical (unpaired) electrons. The zero-order chi connectivity index (χ0) is 20.9. The van der Waals surface area contributed by atoms with Gasteiger partial charge < -0.3 is 13.8 Å². The highest BCUT2D eigenvalue weighted by molar-refractivity contribution is 7.98. The molecule has 0 bridgehead atoms. The van der Waals surface area contributed by atoms with Gasteiger partial charge in [0.15, 0.2) is 11.0 Å². The molecule has 4 aromatic rings. The second kappa shape index (κ2) is 9.13. The molecule has 154 valence electrons. The van der Waals surface area contributed by atoms with Crippen molar-refractivity contribution in [2.24, 2.45) is 0 Å². The normalized spacial score (nSPS) is 11.0. The summed E-state index contributed by atoms with van der Waals surface area (Å²) in [6.45, 7) is 7.53. The lowest BCUT2D eigenvalue weighted by Gasteiger charge is -2.07. The Hall–Kier alpha value is -3.13. The molecule has 2 heterocycles. The molecule has 0 aliphatic heterocycles. The average molecular weight is 422 g/mol. The molecule has 0 fully saturated rings. The largest absolute Gasteiger partial charge is 0.494 e. The Morgan fingerprint density at radius 1 is 1.03 bits per heavy atom. The highest BCUT2D eigenvalue weighted by Gasteiger charge is 2.15. The summed E-state index contributed by atoms with van der Waals surface area (Å²) in [4.78, 5) is 4.51. The van der Waals surface area contributed by atoms with Crippen molar-refractivity contribution < 1.29 is 9.26 Å². The molecule has 0 aliphatic carbocycles. The van der Waals surface area contributed by atoms with Gasteiger partial charge in [0.2, 0.25) is 11.7 Å². The van der Waals surface area contributed by atoms with Gasteiger partial charge >= 0.3 is 0 Å². The first-order chi connectivity index (χ1) is 14.7. The summed E-state index contributed by atoms with van der Waals surface area (Å²) >= 11 is 1.54. The molecule has 4 rings (SSSR count). The maximum atomic E-state index is 5.47. The molecule has 8 heteroatoms. The van der Waals surface area contributed by atoms with Crippen LogP contribution in [0.1, 0.15) is 25.3 Å². The Kier molecular flexibility index (Phi) is 6.13. The topological polar surface area (TPSA) is 78.9 Å². The molecule has 0 amide bonds. The van der Waals surface area contributed by atoms with E-state index < -0.39 is 0 Å². The van der Waals surface area contributed by atoms with Gasteiger partial charge in [-0.1, -0.05) is 40.7 Å². The number of thioether (sulfide) groups is 1. The van der Waals surface area contributed by atoms with E-state index in [2.05, 4.69) is 57.0 Å². The van der Waals surface area contributed by atoms with E-state index in [1.165, 1.54) is 17.3 Å². The Morgan fingerprint density at radius 3 is 2.60 bits per heavy atom. The second-order valence-corrected chi connectivity index (χ2v) is 7.62. The summed E-state index contributed by atoms with van der Waals surface area (Å²) in [6.07, 6.45) is 0. The van der Waals surface area contributed by atoms with Gasteiger partial charge in [-0.2, -0.15) is 4.98 Å². The van der Waals surface area contributed by atoms with Crippen LogP contribution >= 0.6 is 11.8 Å². The Balaban J connectivity index is 1.47. The lowest BCUT2D eigenvalue weighted by atomic mass is 10.1. The summed E-state index contributed by atoms with van der Waals surface area (Å²) in [7, 11) is 0. The minimum absolute atomic E-state index is 0.524. The summed E-state index contributed by atoms with van der Waals surface area (Å²) in [5.41, 5.74) is 3.14. The lowest BCUT2D eigenvalue weighted by Crippen LogP contribution is -2.00. The SMILES string of the molecule is CCOc1ccc(-c2noc(CSc3nnc(-c4cccc(C)c4)n3CC)n2)cc1. The summed E-state index contributed by atoms with van der Waals surface area (Å²) in [6, 6.07) is 15.9. The first-order valence-corrected chi connectivity index (χ1v) is 10.8. The van der Waals surface area contributed by atoms with Crippen molar-refractivity contribution in [2.75, 3.05) is 6.61 Å². The van der Waals surface area contributed by atoms with E-state index in [0.29, 0.717) is 24.1 Å². The summed E-state index contributed by atoms with van der Waals surface area (Å²) < 4.78 is 13.0. The molecular formula is C22H23N5O2S. The average Bonchev–Trinajstić information content (AvgIpc) is 3.40. The van der Waals surface area contributed by atoms with E-state index in [1.807, 2.05) is 37.3 Å². The summed E-state index contributed by atoms with van der Waals surface area (Å²) in [5, 5.41) is 13.7. The molecule has 30 heavy (non-hydrogen) atoms. The van der Waals surface area contributed by atoms with E-state index >= 15 is 0 Å². The molecule has 2 aromatic carbocycles. The maximum absolute atomic E-state index is 5.47. The van der Waals surface area contributed by atoms with Crippen molar-refractivity contribution in [1.82, 2.24) is 24.9 Å². The van der Waals surface area contributed by atoms with Crippen LogP contribution in [-0.4, -0.2) is 31.5 Å². The number of hydrogen-bond acceptors (Lipinski definition) is 7. The Labute approximate surface area is 179 Å². The van der Waals surface area contributed by atoms with E-state index in [0.717, 1.165) is 34.4 Å². The van der Waals surface area contributed by atoms with E-state index in [4.69, 9.17) is 9.26 Å². The first kappa shape index (κ1) is 20.2. The zero-order valence-corrected chi connectivity index (χ0v) is 18.0. The van der Waals surface area contributed by atoms with Gasteiger partial charge in [-0.3, -0.25) is 0 Å². The third-order valence-electron chi connectivity index (χ3n) is 4.53. The first-order valence-electron chi connectivity index (χ1n) is 9.86. The van der Waals surface area contributed by atoms with E-state index in [1.54, 1.807) is 0 Å². The van der Waals surface area contributed by atoms with Crippen molar-refractivity contribution >= 4 is 11.8 Å². The number of nitrogens with zero attached hydrogens (tertiary/aromatic N) is 5. The number of aryl methyl sites for hydroxylation is 1. The molecule has 0 N–H and O–H groups in total. The predicted octanol–water partition coefficient (Wildman–Crippen LogP) is 5.01. The van der Waals surface area contributed by atoms with E-state index in [9.17, 15) is 0 Å². The second-order valence-electron chi connectivity index (χ2n) is 6.68. The molecule has 0 aliphatic rings. The van der Waals surface area contributed by atoms with Gasteiger partial charge in [0.1, 0.15) is 5.75 Å². The van der Waals surface area contributed by atoms with Crippen molar-refractivity contribution in [3.8, 4) is 28.5 Å². The highest BCUT2D eigenvalue weighted by Crippen LogP contribution is 2.27. The fourth-order valence-electron chi connectivity index (χ4n) is 3.10. The van der Waals surface area contributed by atoms with Crippen molar-refractivity contribution in [1.29, 1.82) is 0 Å². The van der Waals surface area contributed by atoms with Crippen LogP contribution in [0.2, 0.25) is 0 Å². The molecule has 2 aromatic heterocycles. The standard InChI is InChI=1S/C22H23N5O2S/c1-4-27-21(17-8-6-7-15(3)13-17)24-25-22(27)30-14-19-23-20(26-29-19)16-9-11-18(12-10-16)28-5-2/h6-13H,4-5,14H2,1-3H3. The molecule has 0 atom stereocenters. The molecule has 7 nitrogen and oxygen atoms in total. The summed E-state index contributed by atoms with van der Waals surface area (Å²) in [5.74, 6) is 3.32. The molecule has 0 saturated heterocycles. The molecule has 0 unspecified atom stereocenters. The van der Waals surface area contributed by atoms with Gasteiger partial charge in [0.05, 0.1) is 12.4 Å². The van der Waals surface area contributed by atoms with Gasteiger partial charge in [0.25, 0.3) is 0 Å². The van der Waals surface area contributed by atoms with Crippen LogP contribution in [0.4, 0.5) is 0 Å². The van der Waals surface area contributed by atoms with Crippen LogP contribution in [0.15, 0.2) is 58.2 Å². The number of ether oxygens (including phenoxy) is 1. The minimum atomic E-state index is 0.524. The minimum Gasteiger partial charge on any atom is -0.494 e. The van der Waals surface area contributed by atoms with Crippen molar-refractivity contribution in [2.45, 2.75) is 38.2 Å². The quantitative estimate of drug-likeness (QED) is 0.370. The fraction of sp³-hybridized carbons (Fsp3) is 0.273. The van der Waals surface area contributed by atoms with Crippen LogP contribution in [0.5, 0.6) is 5.75 Å². The number of aromatic nitrogens is 5. The number of hydrogen-bond donors (Lipinski definition) is 0. The zero-order valence-electron chi connectivity index (χ0n) is 17.2. The number of rotatable bonds is 8. The Morgan fingerprint density at radius 2 is 1.87 bits per heavy atom. The lowest BCUT2D eigenvalue weighted by molar-refractivity contribution is 0.340. The third kappa shape index (κ3) is 4.38. The molecule has 0 spiro atoms.